The summed E-state index contributed by atoms with van der Waals surface area (Å²) in [5.74, 6) is 2.59. The van der Waals surface area contributed by atoms with Crippen LogP contribution in [0.15, 0.2) is 71.7 Å². The molecule has 6 nitrogen and oxygen atoms in total. The number of rotatable bonds is 14. The van der Waals surface area contributed by atoms with Gasteiger partial charge in [0.25, 0.3) is 0 Å². The average molecular weight is 855 g/mol. The third kappa shape index (κ3) is 9.08. The number of hydrogen-bond donors (Lipinski definition) is 0. The van der Waals surface area contributed by atoms with E-state index >= 15 is 0 Å². The fourth-order valence-corrected chi connectivity index (χ4v) is 10.6. The Hall–Kier alpha value is -2.66. The Morgan fingerprint density at radius 3 is 1.95 bits per heavy atom. The summed E-state index contributed by atoms with van der Waals surface area (Å²) >= 11 is 29.0. The molecule has 2 aliphatic heterocycles. The van der Waals surface area contributed by atoms with Crippen molar-refractivity contribution in [1.82, 2.24) is 19.8 Å². The molecule has 0 unspecified atom stereocenters. The zero-order valence-electron chi connectivity index (χ0n) is 30.6. The van der Waals surface area contributed by atoms with Crippen LogP contribution in [0.2, 0.25) is 20.1 Å². The lowest BCUT2D eigenvalue weighted by atomic mass is 9.89. The molecule has 55 heavy (non-hydrogen) atoms. The Balaban J connectivity index is 0.862. The summed E-state index contributed by atoms with van der Waals surface area (Å²) in [6.45, 7) is 7.56. The number of fused-ring (bicyclic) bond motifs is 2. The van der Waals surface area contributed by atoms with E-state index in [1.165, 1.54) is 11.1 Å². The molecule has 0 aliphatic carbocycles. The summed E-state index contributed by atoms with van der Waals surface area (Å²) in [7, 11) is 0. The molecule has 2 aliphatic rings. The van der Waals surface area contributed by atoms with E-state index in [4.69, 9.17) is 65.8 Å². The lowest BCUT2D eigenvalue weighted by molar-refractivity contribution is 0.193. The monoisotopic (exact) mass is 852 g/mol. The molecule has 2 aromatic heterocycles. The van der Waals surface area contributed by atoms with Gasteiger partial charge in [0.2, 0.25) is 0 Å². The Bertz CT molecular complexity index is 2230. The molecular formula is C43H44Cl4N4O2S2. The van der Waals surface area contributed by atoms with Crippen molar-refractivity contribution >= 4 is 89.5 Å². The minimum Gasteiger partial charge on any atom is -0.493 e. The van der Waals surface area contributed by atoms with Crippen LogP contribution in [0.25, 0.3) is 31.6 Å². The third-order valence-corrected chi connectivity index (χ3v) is 14.5. The molecule has 6 aromatic rings. The average Bonchev–Trinajstić information content (AvgIpc) is 3.89. The fraction of sp³-hybridized carbons (Fsp3) is 0.395. The van der Waals surface area contributed by atoms with Gasteiger partial charge < -0.3 is 19.3 Å². The van der Waals surface area contributed by atoms with Gasteiger partial charge in [0, 0.05) is 18.2 Å². The molecular weight excluding hydrogens is 810 g/mol. The van der Waals surface area contributed by atoms with Crippen LogP contribution in [-0.2, 0) is 0 Å². The van der Waals surface area contributed by atoms with Crippen LogP contribution in [-0.4, -0.2) is 72.3 Å². The minimum atomic E-state index is 0.452. The Kier molecular flexibility index (Phi) is 13.0. The van der Waals surface area contributed by atoms with Crippen LogP contribution in [0.5, 0.6) is 11.5 Å². The van der Waals surface area contributed by atoms with Crippen molar-refractivity contribution in [2.24, 2.45) is 0 Å². The van der Waals surface area contributed by atoms with Crippen LogP contribution in [0.3, 0.4) is 0 Å². The Labute approximate surface area is 351 Å². The number of piperidine rings is 2. The first-order chi connectivity index (χ1) is 26.9. The largest absolute Gasteiger partial charge is 0.493 e. The third-order valence-electron chi connectivity index (χ3n) is 11.2. The highest BCUT2D eigenvalue weighted by Crippen LogP contribution is 2.44. The zero-order chi connectivity index (χ0) is 37.7. The predicted octanol–water partition coefficient (Wildman–Crippen LogP) is 12.9. The molecule has 2 fully saturated rings. The molecule has 0 saturated carbocycles. The van der Waals surface area contributed by atoms with Crippen molar-refractivity contribution in [2.75, 3.05) is 52.5 Å². The van der Waals surface area contributed by atoms with E-state index in [0.717, 1.165) is 127 Å². The van der Waals surface area contributed by atoms with Gasteiger partial charge in [-0.2, -0.15) is 0 Å². The van der Waals surface area contributed by atoms with Gasteiger partial charge in [-0.3, -0.25) is 0 Å². The molecule has 0 atom stereocenters. The topological polar surface area (TPSA) is 50.7 Å². The van der Waals surface area contributed by atoms with E-state index in [-0.39, 0.29) is 0 Å². The SMILES string of the molecule is Clc1cccc(C2CCN(CCCCOc3ccc4scnc4c3-c3cc(OCCCN4CCC(c5cccc(Cl)c5Cl)CC4)cc4ncsc34)CC2)c1Cl. The zero-order valence-corrected chi connectivity index (χ0v) is 35.3. The summed E-state index contributed by atoms with van der Waals surface area (Å²) in [6, 6.07) is 20.4. The van der Waals surface area contributed by atoms with Gasteiger partial charge in [0.1, 0.15) is 11.5 Å². The molecule has 0 radical (unpaired) electrons. The number of aromatic nitrogens is 2. The van der Waals surface area contributed by atoms with Crippen molar-refractivity contribution in [3.05, 3.63) is 103 Å². The smallest absolute Gasteiger partial charge is 0.129 e. The molecule has 8 rings (SSSR count). The van der Waals surface area contributed by atoms with E-state index in [0.29, 0.717) is 45.1 Å². The van der Waals surface area contributed by atoms with Crippen LogP contribution >= 0.6 is 69.1 Å². The van der Waals surface area contributed by atoms with Gasteiger partial charge in [0.05, 0.1) is 70.3 Å². The molecule has 4 aromatic carbocycles. The standard InChI is InChI=1S/C43H44Cl4N4O2S2/c44-34-8-3-6-31(40(34)46)28-12-18-50(19-13-28)16-1-2-22-53-37-10-11-38-42(49-27-54-38)39(37)33-24-30(25-36-43(33)55-26-48-36)52-23-5-17-51-20-14-29(15-21-51)32-7-4-9-35(45)41(32)47/h3-4,6-11,24-29H,1-2,5,12-23H2. The van der Waals surface area contributed by atoms with Crippen molar-refractivity contribution in [3.63, 3.8) is 0 Å². The number of thiazole rings is 2. The van der Waals surface area contributed by atoms with Gasteiger partial charge in [-0.15, -0.1) is 22.7 Å². The fourth-order valence-electron chi connectivity index (χ4n) is 8.21. The molecule has 2 saturated heterocycles. The second kappa shape index (κ2) is 18.3. The summed E-state index contributed by atoms with van der Waals surface area (Å²) in [5, 5.41) is 2.70. The summed E-state index contributed by atoms with van der Waals surface area (Å²) in [6.07, 6.45) is 7.35. The first-order valence-corrected chi connectivity index (χ1v) is 22.5. The molecule has 0 spiro atoms. The summed E-state index contributed by atoms with van der Waals surface area (Å²) < 4.78 is 15.3. The minimum absolute atomic E-state index is 0.452. The van der Waals surface area contributed by atoms with Crippen molar-refractivity contribution < 1.29 is 9.47 Å². The maximum absolute atomic E-state index is 6.58. The van der Waals surface area contributed by atoms with E-state index < -0.39 is 0 Å². The summed E-state index contributed by atoms with van der Waals surface area (Å²) in [5.41, 5.74) is 10.2. The highest BCUT2D eigenvalue weighted by Gasteiger charge is 2.25. The molecule has 4 heterocycles. The van der Waals surface area contributed by atoms with Crippen LogP contribution in [0.1, 0.15) is 67.9 Å². The number of ether oxygens (including phenoxy) is 2. The van der Waals surface area contributed by atoms with Crippen LogP contribution < -0.4 is 9.47 Å². The normalized spacial score (nSPS) is 16.4. The number of benzene rings is 4. The lowest BCUT2D eigenvalue weighted by Gasteiger charge is -2.32. The quantitative estimate of drug-likeness (QED) is 0.102. The number of likely N-dealkylation sites (tertiary alicyclic amines) is 2. The number of hydrogen-bond acceptors (Lipinski definition) is 8. The maximum atomic E-state index is 6.58. The van der Waals surface area contributed by atoms with Gasteiger partial charge in [-0.25, -0.2) is 9.97 Å². The number of halogens is 4. The molecule has 0 bridgehead atoms. The van der Waals surface area contributed by atoms with Crippen molar-refractivity contribution in [1.29, 1.82) is 0 Å². The Morgan fingerprint density at radius 2 is 1.27 bits per heavy atom. The molecule has 0 N–H and O–H groups in total. The lowest BCUT2D eigenvalue weighted by Crippen LogP contribution is -2.34. The van der Waals surface area contributed by atoms with Gasteiger partial charge in [0.15, 0.2) is 0 Å². The van der Waals surface area contributed by atoms with Crippen molar-refractivity contribution in [2.45, 2.75) is 56.8 Å². The number of unbranched alkanes of at least 4 members (excludes halogenated alkanes) is 1. The molecule has 288 valence electrons. The molecule has 12 heteroatoms. The van der Waals surface area contributed by atoms with Crippen LogP contribution in [0.4, 0.5) is 0 Å². The van der Waals surface area contributed by atoms with Gasteiger partial charge >= 0.3 is 0 Å². The predicted molar refractivity (Wildman–Crippen MR) is 233 cm³/mol. The second-order valence-corrected chi connectivity index (χ2v) is 17.9. The highest BCUT2D eigenvalue weighted by atomic mass is 35.5. The van der Waals surface area contributed by atoms with E-state index in [2.05, 4.69) is 46.2 Å². The van der Waals surface area contributed by atoms with Crippen LogP contribution in [0, 0.1) is 0 Å². The van der Waals surface area contributed by atoms with E-state index in [9.17, 15) is 0 Å². The van der Waals surface area contributed by atoms with E-state index in [1.807, 2.05) is 35.3 Å². The molecule has 0 amide bonds. The first-order valence-electron chi connectivity index (χ1n) is 19.2. The van der Waals surface area contributed by atoms with Crippen molar-refractivity contribution in [3.8, 4) is 22.6 Å². The Morgan fingerprint density at radius 1 is 0.655 bits per heavy atom. The summed E-state index contributed by atoms with van der Waals surface area (Å²) in [4.78, 5) is 14.6. The first kappa shape index (κ1) is 39.2. The maximum Gasteiger partial charge on any atom is 0.129 e. The highest BCUT2D eigenvalue weighted by molar-refractivity contribution is 7.17. The number of nitrogens with zero attached hydrogens (tertiary/aromatic N) is 4. The van der Waals surface area contributed by atoms with E-state index in [1.54, 1.807) is 22.7 Å². The van der Waals surface area contributed by atoms with Gasteiger partial charge in [-0.1, -0.05) is 70.7 Å². The van der Waals surface area contributed by atoms with Gasteiger partial charge in [-0.05, 0) is 131 Å². The second-order valence-electron chi connectivity index (χ2n) is 14.6.